The van der Waals surface area contributed by atoms with Gasteiger partial charge in [0.15, 0.2) is 11.7 Å². The minimum atomic E-state index is -1.28. The molecule has 0 fully saturated rings. The van der Waals surface area contributed by atoms with E-state index in [9.17, 15) is 18.9 Å². The Morgan fingerprint density at radius 1 is 1.40 bits per heavy atom. The molecule has 0 radical (unpaired) electrons. The van der Waals surface area contributed by atoms with E-state index in [-0.39, 0.29) is 11.7 Å². The number of nitro benzene ring substituents is 1. The first-order valence-corrected chi connectivity index (χ1v) is 5.82. The van der Waals surface area contributed by atoms with Crippen LogP contribution in [0.15, 0.2) is 22.7 Å². The number of rotatable bonds is 5. The van der Waals surface area contributed by atoms with Gasteiger partial charge in [0.2, 0.25) is 5.82 Å². The molecular weight excluding hydrogens is 272 g/mol. The molecule has 1 aromatic carbocycles. The third kappa shape index (κ3) is 2.64. The second kappa shape index (κ2) is 5.74. The predicted octanol–water partition coefficient (Wildman–Crippen LogP) is 2.42. The van der Waals surface area contributed by atoms with Crippen LogP contribution in [0, 0.1) is 21.7 Å². The Morgan fingerprint density at radius 2 is 2.15 bits per heavy atom. The molecule has 0 saturated carbocycles. The summed E-state index contributed by atoms with van der Waals surface area (Å²) in [5.41, 5.74) is 3.92. The normalized spacial score (nSPS) is 10.8. The lowest BCUT2D eigenvalue weighted by atomic mass is 10.1. The molecule has 1 aromatic heterocycles. The number of hydrogen-bond donors (Lipinski definition) is 1. The fourth-order valence-corrected chi connectivity index (χ4v) is 1.70. The van der Waals surface area contributed by atoms with E-state index in [4.69, 9.17) is 10.2 Å². The number of nitro groups is 1. The standard InChI is InChI=1S/C12H11F2N3O3/c13-7-3-4-8(17(18)19)12(14)11(7)9-6-16-10(20-9)2-1-5-15/h3-4,6H,1-2,5,15H2. The molecule has 0 unspecified atom stereocenters. The Morgan fingerprint density at radius 3 is 2.80 bits per heavy atom. The average molecular weight is 283 g/mol. The molecule has 106 valence electrons. The number of nitrogens with zero attached hydrogens (tertiary/aromatic N) is 2. The molecular formula is C12H11F2N3O3. The summed E-state index contributed by atoms with van der Waals surface area (Å²) in [6.45, 7) is 0.428. The van der Waals surface area contributed by atoms with Crippen LogP contribution in [-0.2, 0) is 6.42 Å². The Balaban J connectivity index is 2.44. The van der Waals surface area contributed by atoms with Crippen LogP contribution in [0.1, 0.15) is 12.3 Å². The molecule has 0 spiro atoms. The molecule has 2 rings (SSSR count). The summed E-state index contributed by atoms with van der Waals surface area (Å²) < 4.78 is 32.8. The smallest absolute Gasteiger partial charge is 0.305 e. The van der Waals surface area contributed by atoms with E-state index in [0.29, 0.717) is 19.4 Å². The van der Waals surface area contributed by atoms with Crippen molar-refractivity contribution in [3.8, 4) is 11.3 Å². The summed E-state index contributed by atoms with van der Waals surface area (Å²) in [5, 5.41) is 10.6. The van der Waals surface area contributed by atoms with E-state index >= 15 is 0 Å². The Bertz CT molecular complexity index is 643. The van der Waals surface area contributed by atoms with Gasteiger partial charge >= 0.3 is 5.69 Å². The van der Waals surface area contributed by atoms with Crippen LogP contribution in [0.2, 0.25) is 0 Å². The third-order valence-electron chi connectivity index (χ3n) is 2.66. The molecule has 2 N–H and O–H groups in total. The van der Waals surface area contributed by atoms with Crippen molar-refractivity contribution in [3.05, 3.63) is 46.0 Å². The van der Waals surface area contributed by atoms with Crippen molar-refractivity contribution in [2.24, 2.45) is 5.73 Å². The third-order valence-corrected chi connectivity index (χ3v) is 2.66. The zero-order valence-electron chi connectivity index (χ0n) is 10.3. The van der Waals surface area contributed by atoms with Gasteiger partial charge in [-0.25, -0.2) is 9.37 Å². The molecule has 0 amide bonds. The molecule has 0 saturated heterocycles. The first-order chi connectivity index (χ1) is 9.54. The minimum Gasteiger partial charge on any atom is -0.441 e. The van der Waals surface area contributed by atoms with Crippen LogP contribution in [0.4, 0.5) is 14.5 Å². The van der Waals surface area contributed by atoms with Crippen molar-refractivity contribution in [1.29, 1.82) is 0 Å². The van der Waals surface area contributed by atoms with Gasteiger partial charge in [-0.05, 0) is 19.0 Å². The molecule has 0 aliphatic carbocycles. The highest BCUT2D eigenvalue weighted by molar-refractivity contribution is 5.62. The number of benzene rings is 1. The van der Waals surface area contributed by atoms with Gasteiger partial charge in [0.25, 0.3) is 0 Å². The lowest BCUT2D eigenvalue weighted by Gasteiger charge is -2.01. The molecule has 20 heavy (non-hydrogen) atoms. The quantitative estimate of drug-likeness (QED) is 0.671. The number of oxazole rings is 1. The van der Waals surface area contributed by atoms with Crippen LogP contribution in [-0.4, -0.2) is 16.5 Å². The van der Waals surface area contributed by atoms with Crippen LogP contribution in [0.25, 0.3) is 11.3 Å². The maximum Gasteiger partial charge on any atom is 0.305 e. The highest BCUT2D eigenvalue weighted by atomic mass is 19.1. The predicted molar refractivity (Wildman–Crippen MR) is 65.9 cm³/mol. The van der Waals surface area contributed by atoms with Crippen molar-refractivity contribution in [3.63, 3.8) is 0 Å². The van der Waals surface area contributed by atoms with Gasteiger partial charge in [-0.2, -0.15) is 4.39 Å². The fourth-order valence-electron chi connectivity index (χ4n) is 1.70. The van der Waals surface area contributed by atoms with E-state index < -0.39 is 27.8 Å². The number of aromatic nitrogens is 1. The topological polar surface area (TPSA) is 95.2 Å². The molecule has 0 aliphatic rings. The number of halogens is 2. The summed E-state index contributed by atoms with van der Waals surface area (Å²) in [6, 6.07) is 1.58. The van der Waals surface area contributed by atoms with Crippen molar-refractivity contribution in [2.75, 3.05) is 6.54 Å². The number of nitrogens with two attached hydrogens (primary N) is 1. The maximum absolute atomic E-state index is 13.9. The van der Waals surface area contributed by atoms with Gasteiger partial charge in [-0.3, -0.25) is 10.1 Å². The molecule has 0 aliphatic heterocycles. The van der Waals surface area contributed by atoms with E-state index in [0.717, 1.165) is 18.3 Å². The first-order valence-electron chi connectivity index (χ1n) is 5.82. The van der Waals surface area contributed by atoms with Crippen LogP contribution < -0.4 is 5.73 Å². The van der Waals surface area contributed by atoms with Crippen LogP contribution in [0.3, 0.4) is 0 Å². The first kappa shape index (κ1) is 14.1. The summed E-state index contributed by atoms with van der Waals surface area (Å²) in [5.74, 6) is -2.14. The zero-order valence-corrected chi connectivity index (χ0v) is 10.3. The largest absolute Gasteiger partial charge is 0.441 e. The summed E-state index contributed by atoms with van der Waals surface area (Å²) in [7, 11) is 0. The van der Waals surface area contributed by atoms with Gasteiger partial charge in [0, 0.05) is 12.5 Å². The lowest BCUT2D eigenvalue weighted by Crippen LogP contribution is -2.00. The average Bonchev–Trinajstić information content (AvgIpc) is 2.84. The Labute approximate surface area is 112 Å². The van der Waals surface area contributed by atoms with E-state index in [1.165, 1.54) is 0 Å². The molecule has 2 aromatic rings. The van der Waals surface area contributed by atoms with E-state index in [2.05, 4.69) is 4.98 Å². The molecule has 0 atom stereocenters. The van der Waals surface area contributed by atoms with E-state index in [1.54, 1.807) is 0 Å². The second-order valence-electron chi connectivity index (χ2n) is 4.02. The molecule has 1 heterocycles. The highest BCUT2D eigenvalue weighted by Gasteiger charge is 2.24. The Hall–Kier alpha value is -2.35. The van der Waals surface area contributed by atoms with Crippen molar-refractivity contribution in [2.45, 2.75) is 12.8 Å². The van der Waals surface area contributed by atoms with Crippen LogP contribution >= 0.6 is 0 Å². The zero-order chi connectivity index (χ0) is 14.7. The molecule has 0 bridgehead atoms. The lowest BCUT2D eigenvalue weighted by molar-refractivity contribution is -0.387. The van der Waals surface area contributed by atoms with Crippen molar-refractivity contribution >= 4 is 5.69 Å². The monoisotopic (exact) mass is 283 g/mol. The summed E-state index contributed by atoms with van der Waals surface area (Å²) >= 11 is 0. The van der Waals surface area contributed by atoms with E-state index in [1.807, 2.05) is 0 Å². The summed E-state index contributed by atoms with van der Waals surface area (Å²) in [6.07, 6.45) is 2.17. The fraction of sp³-hybridized carbons (Fsp3) is 0.250. The van der Waals surface area contributed by atoms with Crippen molar-refractivity contribution in [1.82, 2.24) is 4.98 Å². The Kier molecular flexibility index (Phi) is 4.04. The molecule has 6 nitrogen and oxygen atoms in total. The number of hydrogen-bond acceptors (Lipinski definition) is 5. The van der Waals surface area contributed by atoms with Gasteiger partial charge in [0.05, 0.1) is 16.7 Å². The number of aryl methyl sites for hydroxylation is 1. The van der Waals surface area contributed by atoms with Gasteiger partial charge < -0.3 is 10.2 Å². The van der Waals surface area contributed by atoms with Gasteiger partial charge in [-0.1, -0.05) is 0 Å². The highest BCUT2D eigenvalue weighted by Crippen LogP contribution is 2.32. The van der Waals surface area contributed by atoms with Gasteiger partial charge in [-0.15, -0.1) is 0 Å². The maximum atomic E-state index is 13.9. The second-order valence-corrected chi connectivity index (χ2v) is 4.02. The van der Waals surface area contributed by atoms with Gasteiger partial charge in [0.1, 0.15) is 5.82 Å². The minimum absolute atomic E-state index is 0.185. The molecule has 8 heteroatoms. The van der Waals surface area contributed by atoms with Crippen LogP contribution in [0.5, 0.6) is 0 Å². The van der Waals surface area contributed by atoms with Crippen molar-refractivity contribution < 1.29 is 18.1 Å². The SMILES string of the molecule is NCCCc1ncc(-c2c(F)ccc([N+](=O)[O-])c2F)o1. The summed E-state index contributed by atoms with van der Waals surface area (Å²) in [4.78, 5) is 13.6.